The van der Waals surface area contributed by atoms with Gasteiger partial charge in [0, 0.05) is 12.5 Å². The van der Waals surface area contributed by atoms with Crippen molar-refractivity contribution in [1.82, 2.24) is 14.9 Å². The number of amides is 1. The number of fused-ring (bicyclic) bond motifs is 1. The Balaban J connectivity index is 1.64. The standard InChI is InChI=1S/C31H31N3O3/c1-23(2)32-22-33(29(25-14-8-4-9-15-25)26-16-10-5-11-17-26)34-27(20-35)18-19-28(30(34)31(32)36)37-21-24-12-6-3-7-13-24/h3-18,20,23,29H,19,21-22H2,1-2H3. The number of carbonyl (C=O) groups excluding carboxylic acids is 2. The van der Waals surface area contributed by atoms with E-state index in [1.165, 1.54) is 0 Å². The lowest BCUT2D eigenvalue weighted by Crippen LogP contribution is -2.61. The van der Waals surface area contributed by atoms with Gasteiger partial charge in [-0.15, -0.1) is 0 Å². The van der Waals surface area contributed by atoms with Crippen LogP contribution in [0.1, 0.15) is 43.0 Å². The third-order valence-electron chi connectivity index (χ3n) is 6.76. The number of nitrogens with zero attached hydrogens (tertiary/aromatic N) is 3. The molecule has 3 aromatic rings. The van der Waals surface area contributed by atoms with Gasteiger partial charge in [0.2, 0.25) is 0 Å². The summed E-state index contributed by atoms with van der Waals surface area (Å²) in [5.41, 5.74) is 3.98. The predicted octanol–water partition coefficient (Wildman–Crippen LogP) is 5.42. The number of ether oxygens (including phenoxy) is 1. The fraction of sp³-hybridized carbons (Fsp3) is 0.226. The van der Waals surface area contributed by atoms with E-state index in [9.17, 15) is 9.59 Å². The molecule has 1 saturated heterocycles. The first-order valence-corrected chi connectivity index (χ1v) is 12.6. The zero-order valence-electron chi connectivity index (χ0n) is 21.2. The van der Waals surface area contributed by atoms with Crippen LogP contribution in [0.25, 0.3) is 0 Å². The highest BCUT2D eigenvalue weighted by molar-refractivity contribution is 5.96. The molecule has 2 heterocycles. The van der Waals surface area contributed by atoms with Gasteiger partial charge >= 0.3 is 0 Å². The maximum atomic E-state index is 13.9. The van der Waals surface area contributed by atoms with Crippen molar-refractivity contribution >= 4 is 12.2 Å². The van der Waals surface area contributed by atoms with Crippen LogP contribution in [0.2, 0.25) is 0 Å². The second-order valence-corrected chi connectivity index (χ2v) is 9.48. The smallest absolute Gasteiger partial charge is 0.276 e. The van der Waals surface area contributed by atoms with E-state index in [1.807, 2.05) is 91.6 Å². The largest absolute Gasteiger partial charge is 0.490 e. The number of hydrazine groups is 1. The molecule has 0 bridgehead atoms. The fourth-order valence-electron chi connectivity index (χ4n) is 4.91. The Morgan fingerprint density at radius 2 is 1.43 bits per heavy atom. The third kappa shape index (κ3) is 4.93. The van der Waals surface area contributed by atoms with Crippen molar-refractivity contribution in [2.45, 2.75) is 39.0 Å². The number of benzene rings is 3. The first kappa shape index (κ1) is 24.5. The molecular formula is C31H31N3O3. The van der Waals surface area contributed by atoms with Crippen molar-refractivity contribution in [2.24, 2.45) is 0 Å². The second-order valence-electron chi connectivity index (χ2n) is 9.48. The van der Waals surface area contributed by atoms with Crippen molar-refractivity contribution in [1.29, 1.82) is 0 Å². The molecule has 1 amide bonds. The van der Waals surface area contributed by atoms with Crippen LogP contribution < -0.4 is 0 Å². The van der Waals surface area contributed by atoms with Crippen LogP contribution in [0.3, 0.4) is 0 Å². The molecule has 6 nitrogen and oxygen atoms in total. The Kier molecular flexibility index (Phi) is 7.19. The van der Waals surface area contributed by atoms with Crippen molar-refractivity contribution < 1.29 is 14.3 Å². The zero-order chi connectivity index (χ0) is 25.8. The molecule has 0 aromatic heterocycles. The van der Waals surface area contributed by atoms with Crippen LogP contribution in [0.5, 0.6) is 0 Å². The molecule has 0 atom stereocenters. The highest BCUT2D eigenvalue weighted by Gasteiger charge is 2.44. The molecule has 1 fully saturated rings. The van der Waals surface area contributed by atoms with Gasteiger partial charge in [-0.05, 0) is 36.6 Å². The topological polar surface area (TPSA) is 53.1 Å². The Hall–Kier alpha value is -4.16. The average molecular weight is 494 g/mol. The molecule has 5 rings (SSSR count). The average Bonchev–Trinajstić information content (AvgIpc) is 2.94. The van der Waals surface area contributed by atoms with Crippen LogP contribution in [-0.4, -0.2) is 39.8 Å². The highest BCUT2D eigenvalue weighted by Crippen LogP contribution is 2.40. The lowest BCUT2D eigenvalue weighted by molar-refractivity contribution is -0.155. The summed E-state index contributed by atoms with van der Waals surface area (Å²) in [7, 11) is 0. The van der Waals surface area contributed by atoms with E-state index in [0.29, 0.717) is 36.8 Å². The Morgan fingerprint density at radius 1 is 0.865 bits per heavy atom. The second kappa shape index (κ2) is 10.8. The van der Waals surface area contributed by atoms with Gasteiger partial charge in [-0.3, -0.25) is 14.6 Å². The quantitative estimate of drug-likeness (QED) is 0.393. The first-order chi connectivity index (χ1) is 18.1. The van der Waals surface area contributed by atoms with Gasteiger partial charge < -0.3 is 9.64 Å². The fourth-order valence-corrected chi connectivity index (χ4v) is 4.91. The first-order valence-electron chi connectivity index (χ1n) is 12.6. The Bertz CT molecular complexity index is 1260. The molecule has 3 aromatic carbocycles. The van der Waals surface area contributed by atoms with Gasteiger partial charge in [0.15, 0.2) is 12.0 Å². The van der Waals surface area contributed by atoms with Gasteiger partial charge in [-0.25, -0.2) is 0 Å². The predicted molar refractivity (Wildman–Crippen MR) is 142 cm³/mol. The molecule has 2 aliphatic heterocycles. The monoisotopic (exact) mass is 493 g/mol. The van der Waals surface area contributed by atoms with Gasteiger partial charge in [-0.1, -0.05) is 91.0 Å². The SMILES string of the molecule is CC(C)N1CN(C(c2ccccc2)c2ccccc2)N2C(C=O)=CCC(OCc3ccccc3)=C2C1=O. The van der Waals surface area contributed by atoms with Crippen LogP contribution in [0, 0.1) is 0 Å². The maximum absolute atomic E-state index is 13.9. The summed E-state index contributed by atoms with van der Waals surface area (Å²) >= 11 is 0. The van der Waals surface area contributed by atoms with Crippen molar-refractivity contribution in [2.75, 3.05) is 6.67 Å². The summed E-state index contributed by atoms with van der Waals surface area (Å²) in [5.74, 6) is 0.427. The molecule has 0 radical (unpaired) electrons. The van der Waals surface area contributed by atoms with E-state index in [2.05, 4.69) is 29.3 Å². The molecular weight excluding hydrogens is 462 g/mol. The van der Waals surface area contributed by atoms with E-state index >= 15 is 0 Å². The van der Waals surface area contributed by atoms with E-state index in [0.717, 1.165) is 23.0 Å². The van der Waals surface area contributed by atoms with Crippen LogP contribution >= 0.6 is 0 Å². The van der Waals surface area contributed by atoms with Gasteiger partial charge in [0.25, 0.3) is 5.91 Å². The van der Waals surface area contributed by atoms with Crippen LogP contribution in [-0.2, 0) is 20.9 Å². The molecule has 188 valence electrons. The van der Waals surface area contributed by atoms with Crippen LogP contribution in [0.4, 0.5) is 0 Å². The minimum atomic E-state index is -0.233. The minimum absolute atomic E-state index is 0.0437. The lowest BCUT2D eigenvalue weighted by atomic mass is 9.97. The maximum Gasteiger partial charge on any atom is 0.276 e. The number of allylic oxidation sites excluding steroid dienone is 2. The number of aldehydes is 1. The third-order valence-corrected chi connectivity index (χ3v) is 6.76. The normalized spacial score (nSPS) is 16.2. The number of carbonyl (C=O) groups is 2. The van der Waals surface area contributed by atoms with E-state index in [-0.39, 0.29) is 18.0 Å². The Morgan fingerprint density at radius 3 is 1.97 bits per heavy atom. The molecule has 0 spiro atoms. The minimum Gasteiger partial charge on any atom is -0.490 e. The summed E-state index contributed by atoms with van der Waals surface area (Å²) in [6, 6.07) is 30.0. The molecule has 0 saturated carbocycles. The van der Waals surface area contributed by atoms with Gasteiger partial charge in [0.05, 0.1) is 18.4 Å². The van der Waals surface area contributed by atoms with E-state index < -0.39 is 0 Å². The summed E-state index contributed by atoms with van der Waals surface area (Å²) in [6.45, 7) is 4.69. The molecule has 2 aliphatic rings. The number of hydrogen-bond donors (Lipinski definition) is 0. The van der Waals surface area contributed by atoms with Crippen molar-refractivity contribution in [3.63, 3.8) is 0 Å². The highest BCUT2D eigenvalue weighted by atomic mass is 16.5. The lowest BCUT2D eigenvalue weighted by Gasteiger charge is -2.51. The Labute approximate surface area is 218 Å². The molecule has 0 N–H and O–H groups in total. The summed E-state index contributed by atoms with van der Waals surface area (Å²) in [4.78, 5) is 28.1. The summed E-state index contributed by atoms with van der Waals surface area (Å²) in [5, 5.41) is 3.88. The zero-order valence-corrected chi connectivity index (χ0v) is 21.2. The molecule has 37 heavy (non-hydrogen) atoms. The molecule has 0 unspecified atom stereocenters. The number of rotatable bonds is 8. The number of hydrogen-bond acceptors (Lipinski definition) is 5. The summed E-state index contributed by atoms with van der Waals surface area (Å²) < 4.78 is 6.27. The van der Waals surface area contributed by atoms with Gasteiger partial charge in [0.1, 0.15) is 12.4 Å². The van der Waals surface area contributed by atoms with E-state index in [1.54, 1.807) is 5.01 Å². The van der Waals surface area contributed by atoms with Gasteiger partial charge in [-0.2, -0.15) is 5.01 Å². The van der Waals surface area contributed by atoms with Crippen molar-refractivity contribution in [3.8, 4) is 0 Å². The summed E-state index contributed by atoms with van der Waals surface area (Å²) in [6.07, 6.45) is 3.04. The van der Waals surface area contributed by atoms with E-state index in [4.69, 9.17) is 4.74 Å². The molecule has 6 heteroatoms. The van der Waals surface area contributed by atoms with Crippen LogP contribution in [0.15, 0.2) is 114 Å². The molecule has 0 aliphatic carbocycles. The van der Waals surface area contributed by atoms with Crippen molar-refractivity contribution in [3.05, 3.63) is 131 Å².